The summed E-state index contributed by atoms with van der Waals surface area (Å²) in [6.07, 6.45) is -4.83. The number of carbonyl (C=O) groups excluding carboxylic acids is 1. The van der Waals surface area contributed by atoms with Crippen LogP contribution in [0.25, 0.3) is 0 Å². The molecule has 2 aromatic carbocycles. The largest absolute Gasteiger partial charge is 0.573 e. The Morgan fingerprint density at radius 2 is 1.79 bits per heavy atom. The average molecular weight is 426 g/mol. The van der Waals surface area contributed by atoms with Gasteiger partial charge in [0, 0.05) is 6.07 Å². The lowest BCUT2D eigenvalue weighted by Crippen LogP contribution is -2.17. The zero-order chi connectivity index (χ0) is 17.9. The Labute approximate surface area is 148 Å². The molecule has 0 spiro atoms. The van der Waals surface area contributed by atoms with Gasteiger partial charge in [0.05, 0.1) is 22.2 Å². The van der Waals surface area contributed by atoms with Crippen LogP contribution in [0.4, 0.5) is 13.2 Å². The number of carbonyl (C=O) groups is 1. The first-order valence-corrected chi connectivity index (χ1v) is 7.47. The average Bonchev–Trinajstić information content (AvgIpc) is 2.50. The van der Waals surface area contributed by atoms with Crippen LogP contribution < -0.4 is 9.47 Å². The van der Waals surface area contributed by atoms with Crippen molar-refractivity contribution in [2.24, 2.45) is 0 Å². The summed E-state index contributed by atoms with van der Waals surface area (Å²) in [5, 5.41) is -0.257. The Morgan fingerprint density at radius 1 is 1.12 bits per heavy atom. The standard InChI is InChI=1S/C15H9BrClF3O4/c1-22-14(21)8-2-4-12(10(16)6-8)23-9-3-5-13(11(17)7-9)24-15(18,19)20/h2-7H,1H3. The fourth-order valence-corrected chi connectivity index (χ4v) is 2.38. The Kier molecular flexibility index (Phi) is 5.61. The fourth-order valence-electron chi connectivity index (χ4n) is 1.71. The maximum Gasteiger partial charge on any atom is 0.573 e. The van der Waals surface area contributed by atoms with Crippen LogP contribution in [0.15, 0.2) is 40.9 Å². The maximum absolute atomic E-state index is 12.2. The van der Waals surface area contributed by atoms with Crippen molar-refractivity contribution in [3.63, 3.8) is 0 Å². The van der Waals surface area contributed by atoms with Crippen molar-refractivity contribution in [2.75, 3.05) is 7.11 Å². The number of ether oxygens (including phenoxy) is 3. The van der Waals surface area contributed by atoms with Crippen molar-refractivity contribution in [3.05, 3.63) is 51.5 Å². The summed E-state index contributed by atoms with van der Waals surface area (Å²) in [7, 11) is 1.26. The van der Waals surface area contributed by atoms with Crippen LogP contribution in [0.5, 0.6) is 17.2 Å². The quantitative estimate of drug-likeness (QED) is 0.600. The Bertz CT molecular complexity index is 765. The molecule has 0 fully saturated rings. The molecular weight excluding hydrogens is 417 g/mol. The number of benzene rings is 2. The van der Waals surface area contributed by atoms with E-state index >= 15 is 0 Å². The third kappa shape index (κ3) is 4.78. The highest BCUT2D eigenvalue weighted by Gasteiger charge is 2.32. The number of halogens is 5. The molecule has 0 amide bonds. The summed E-state index contributed by atoms with van der Waals surface area (Å²) < 4.78 is 50.9. The van der Waals surface area contributed by atoms with Crippen LogP contribution in [0.1, 0.15) is 10.4 Å². The lowest BCUT2D eigenvalue weighted by atomic mass is 10.2. The van der Waals surface area contributed by atoms with Gasteiger partial charge >= 0.3 is 12.3 Å². The third-order valence-electron chi connectivity index (χ3n) is 2.71. The predicted octanol–water partition coefficient (Wildman–Crippen LogP) is 5.58. The highest BCUT2D eigenvalue weighted by atomic mass is 79.9. The SMILES string of the molecule is COC(=O)c1ccc(Oc2ccc(OC(F)(F)F)c(Cl)c2)c(Br)c1. The molecule has 9 heteroatoms. The first-order chi connectivity index (χ1) is 11.2. The van der Waals surface area contributed by atoms with E-state index in [1.807, 2.05) is 0 Å². The molecule has 0 bridgehead atoms. The first-order valence-electron chi connectivity index (χ1n) is 6.30. The normalized spacial score (nSPS) is 11.1. The third-order valence-corrected chi connectivity index (χ3v) is 3.62. The minimum absolute atomic E-state index is 0.195. The monoisotopic (exact) mass is 424 g/mol. The van der Waals surface area contributed by atoms with Crippen molar-refractivity contribution in [1.29, 1.82) is 0 Å². The highest BCUT2D eigenvalue weighted by Crippen LogP contribution is 2.36. The van der Waals surface area contributed by atoms with Crippen LogP contribution >= 0.6 is 27.5 Å². The zero-order valence-electron chi connectivity index (χ0n) is 12.0. The van der Waals surface area contributed by atoms with E-state index in [1.165, 1.54) is 37.4 Å². The molecule has 0 saturated carbocycles. The van der Waals surface area contributed by atoms with E-state index in [4.69, 9.17) is 16.3 Å². The van der Waals surface area contributed by atoms with E-state index in [1.54, 1.807) is 0 Å². The number of hydrogen-bond donors (Lipinski definition) is 0. The number of hydrogen-bond acceptors (Lipinski definition) is 4. The summed E-state index contributed by atoms with van der Waals surface area (Å²) in [6.45, 7) is 0. The molecule has 0 N–H and O–H groups in total. The smallest absolute Gasteiger partial charge is 0.465 e. The van der Waals surface area contributed by atoms with Crippen LogP contribution in [-0.2, 0) is 4.74 Å². The second kappa shape index (κ2) is 7.31. The lowest BCUT2D eigenvalue weighted by Gasteiger charge is -2.12. The second-order valence-electron chi connectivity index (χ2n) is 4.38. The molecule has 0 heterocycles. The van der Waals surface area contributed by atoms with Gasteiger partial charge < -0.3 is 14.2 Å². The van der Waals surface area contributed by atoms with Crippen molar-refractivity contribution < 1.29 is 32.2 Å². The van der Waals surface area contributed by atoms with Gasteiger partial charge in [-0.2, -0.15) is 0 Å². The van der Waals surface area contributed by atoms with Crippen molar-refractivity contribution in [2.45, 2.75) is 6.36 Å². The van der Waals surface area contributed by atoms with Gasteiger partial charge in [-0.3, -0.25) is 0 Å². The molecule has 2 rings (SSSR count). The van der Waals surface area contributed by atoms with Crippen LogP contribution in [-0.4, -0.2) is 19.4 Å². The van der Waals surface area contributed by atoms with Gasteiger partial charge in [0.2, 0.25) is 0 Å². The molecule has 4 nitrogen and oxygen atoms in total. The molecule has 0 atom stereocenters. The number of esters is 1. The number of methoxy groups -OCH3 is 1. The van der Waals surface area contributed by atoms with E-state index in [0.717, 1.165) is 6.07 Å². The molecule has 0 aliphatic carbocycles. The first kappa shape index (κ1) is 18.4. The Morgan fingerprint density at radius 3 is 2.33 bits per heavy atom. The van der Waals surface area contributed by atoms with E-state index in [0.29, 0.717) is 15.8 Å². The minimum Gasteiger partial charge on any atom is -0.465 e. The van der Waals surface area contributed by atoms with Crippen molar-refractivity contribution in [1.82, 2.24) is 0 Å². The van der Waals surface area contributed by atoms with Crippen LogP contribution in [0.2, 0.25) is 5.02 Å². The van der Waals surface area contributed by atoms with E-state index in [2.05, 4.69) is 25.4 Å². The molecule has 0 radical (unpaired) electrons. The summed E-state index contributed by atoms with van der Waals surface area (Å²) in [4.78, 5) is 11.4. The van der Waals surface area contributed by atoms with Gasteiger partial charge in [0.1, 0.15) is 17.2 Å². The maximum atomic E-state index is 12.2. The molecule has 2 aromatic rings. The molecule has 0 unspecified atom stereocenters. The van der Waals surface area contributed by atoms with Crippen molar-refractivity contribution >= 4 is 33.5 Å². The highest BCUT2D eigenvalue weighted by molar-refractivity contribution is 9.10. The van der Waals surface area contributed by atoms with Gasteiger partial charge in [-0.05, 0) is 46.3 Å². The molecule has 0 aliphatic heterocycles. The Hall–Kier alpha value is -1.93. The number of rotatable bonds is 4. The lowest BCUT2D eigenvalue weighted by molar-refractivity contribution is -0.274. The van der Waals surface area contributed by atoms with E-state index < -0.39 is 18.1 Å². The molecule has 0 saturated heterocycles. The van der Waals surface area contributed by atoms with Gasteiger partial charge in [0.25, 0.3) is 0 Å². The molecular formula is C15H9BrClF3O4. The van der Waals surface area contributed by atoms with E-state index in [9.17, 15) is 18.0 Å². The summed E-state index contributed by atoms with van der Waals surface area (Å²) in [5.41, 5.74) is 0.309. The molecule has 128 valence electrons. The van der Waals surface area contributed by atoms with Gasteiger partial charge in [-0.15, -0.1) is 13.2 Å². The fraction of sp³-hybridized carbons (Fsp3) is 0.133. The Balaban J connectivity index is 2.20. The number of alkyl halides is 3. The van der Waals surface area contributed by atoms with Crippen LogP contribution in [0, 0.1) is 0 Å². The summed E-state index contributed by atoms with van der Waals surface area (Å²) in [6, 6.07) is 7.97. The van der Waals surface area contributed by atoms with Gasteiger partial charge in [-0.1, -0.05) is 11.6 Å². The van der Waals surface area contributed by atoms with Crippen molar-refractivity contribution in [3.8, 4) is 17.2 Å². The molecule has 0 aromatic heterocycles. The second-order valence-corrected chi connectivity index (χ2v) is 5.64. The van der Waals surface area contributed by atoms with E-state index in [-0.39, 0.29) is 10.8 Å². The van der Waals surface area contributed by atoms with Gasteiger partial charge in [0.15, 0.2) is 0 Å². The molecule has 24 heavy (non-hydrogen) atoms. The summed E-state index contributed by atoms with van der Waals surface area (Å²) >= 11 is 8.98. The van der Waals surface area contributed by atoms with Crippen LogP contribution in [0.3, 0.4) is 0 Å². The predicted molar refractivity (Wildman–Crippen MR) is 83.7 cm³/mol. The summed E-state index contributed by atoms with van der Waals surface area (Å²) in [5.74, 6) is -0.514. The zero-order valence-corrected chi connectivity index (χ0v) is 14.3. The molecule has 0 aliphatic rings. The minimum atomic E-state index is -4.83. The van der Waals surface area contributed by atoms with Gasteiger partial charge in [-0.25, -0.2) is 4.79 Å². The topological polar surface area (TPSA) is 44.8 Å².